The topological polar surface area (TPSA) is 104 Å². The summed E-state index contributed by atoms with van der Waals surface area (Å²) in [4.78, 5) is 15.7. The number of sulfonamides is 1. The highest BCUT2D eigenvalue weighted by atomic mass is 32.2. The lowest BCUT2D eigenvalue weighted by Gasteiger charge is -2.26. The standard InChI is InChI=1S/C26H31N3O5S/c1-17-14-22(18(2)29(17)19-7-10-21(11-8-19)35(27,31)32)25(30)16-28-13-5-6-24(28)23-15-20(33-3)9-12-26(23)34-4/h7-12,14-15,24H,5-6,13,16H2,1-4H3,(H2,27,31,32). The first kappa shape index (κ1) is 25.0. The number of hydrogen-bond donors (Lipinski definition) is 1. The summed E-state index contributed by atoms with van der Waals surface area (Å²) in [5, 5.41) is 5.22. The van der Waals surface area contributed by atoms with Crippen molar-refractivity contribution in [3.8, 4) is 17.2 Å². The first-order valence-corrected chi connectivity index (χ1v) is 13.0. The lowest BCUT2D eigenvalue weighted by molar-refractivity contribution is 0.0920. The number of nitrogens with zero attached hydrogens (tertiary/aromatic N) is 2. The van der Waals surface area contributed by atoms with Crippen molar-refractivity contribution in [3.05, 3.63) is 71.0 Å². The van der Waals surface area contributed by atoms with Gasteiger partial charge in [-0.1, -0.05) is 0 Å². The molecule has 1 aromatic heterocycles. The zero-order valence-corrected chi connectivity index (χ0v) is 21.3. The second kappa shape index (κ2) is 9.85. The van der Waals surface area contributed by atoms with Crippen molar-refractivity contribution < 1.29 is 22.7 Å². The van der Waals surface area contributed by atoms with Gasteiger partial charge in [0.1, 0.15) is 11.5 Å². The number of ether oxygens (including phenoxy) is 2. The number of primary sulfonamides is 1. The van der Waals surface area contributed by atoms with E-state index in [2.05, 4.69) is 4.90 Å². The summed E-state index contributed by atoms with van der Waals surface area (Å²) in [5.74, 6) is 1.59. The number of rotatable bonds is 8. The smallest absolute Gasteiger partial charge is 0.238 e. The first-order valence-electron chi connectivity index (χ1n) is 11.5. The van der Waals surface area contributed by atoms with Crippen LogP contribution in [0.15, 0.2) is 53.4 Å². The molecular formula is C26H31N3O5S. The van der Waals surface area contributed by atoms with Crippen molar-refractivity contribution in [3.63, 3.8) is 0 Å². The van der Waals surface area contributed by atoms with Crippen LogP contribution in [0.1, 0.15) is 46.2 Å². The maximum Gasteiger partial charge on any atom is 0.238 e. The summed E-state index contributed by atoms with van der Waals surface area (Å²) < 4.78 is 36.1. The van der Waals surface area contributed by atoms with Gasteiger partial charge in [0.15, 0.2) is 5.78 Å². The van der Waals surface area contributed by atoms with Crippen LogP contribution in [0.25, 0.3) is 5.69 Å². The second-order valence-electron chi connectivity index (χ2n) is 8.82. The molecule has 1 fully saturated rings. The van der Waals surface area contributed by atoms with Crippen LogP contribution >= 0.6 is 0 Å². The monoisotopic (exact) mass is 497 g/mol. The maximum absolute atomic E-state index is 13.5. The van der Waals surface area contributed by atoms with E-state index in [1.54, 1.807) is 26.4 Å². The Labute approximate surface area is 206 Å². The highest BCUT2D eigenvalue weighted by molar-refractivity contribution is 7.89. The van der Waals surface area contributed by atoms with Crippen molar-refractivity contribution in [2.75, 3.05) is 27.3 Å². The first-order chi connectivity index (χ1) is 16.6. The quantitative estimate of drug-likeness (QED) is 0.475. The van der Waals surface area contributed by atoms with Crippen LogP contribution < -0.4 is 14.6 Å². The fourth-order valence-corrected chi connectivity index (χ4v) is 5.48. The number of aromatic nitrogens is 1. The molecule has 0 amide bonds. The predicted octanol–water partition coefficient (Wildman–Crippen LogP) is 3.78. The lowest BCUT2D eigenvalue weighted by atomic mass is 10.0. The molecule has 8 nitrogen and oxygen atoms in total. The molecule has 0 bridgehead atoms. The van der Waals surface area contributed by atoms with Crippen LogP contribution in [0.4, 0.5) is 0 Å². The SMILES string of the molecule is COc1ccc(OC)c(C2CCCN2CC(=O)c2cc(C)n(-c3ccc(S(N)(=O)=O)cc3)c2C)c1. The second-order valence-corrected chi connectivity index (χ2v) is 10.4. The van der Waals surface area contributed by atoms with Crippen LogP contribution in [-0.2, 0) is 10.0 Å². The highest BCUT2D eigenvalue weighted by Gasteiger charge is 2.31. The number of benzene rings is 2. The summed E-state index contributed by atoms with van der Waals surface area (Å²) >= 11 is 0. The molecule has 0 radical (unpaired) electrons. The minimum Gasteiger partial charge on any atom is -0.497 e. The zero-order chi connectivity index (χ0) is 25.3. The van der Waals surface area contributed by atoms with E-state index in [0.717, 1.165) is 53.5 Å². The van der Waals surface area contributed by atoms with Crippen LogP contribution in [-0.4, -0.2) is 51.0 Å². The molecule has 186 valence electrons. The van der Waals surface area contributed by atoms with Gasteiger partial charge in [-0.25, -0.2) is 13.6 Å². The molecule has 1 aliphatic rings. The van der Waals surface area contributed by atoms with Gasteiger partial charge in [0.25, 0.3) is 0 Å². The van der Waals surface area contributed by atoms with Gasteiger partial charge in [0.05, 0.1) is 25.7 Å². The van der Waals surface area contributed by atoms with E-state index in [9.17, 15) is 13.2 Å². The van der Waals surface area contributed by atoms with Gasteiger partial charge in [-0.15, -0.1) is 0 Å². The third kappa shape index (κ3) is 4.98. The molecule has 9 heteroatoms. The summed E-state index contributed by atoms with van der Waals surface area (Å²) in [7, 11) is -0.476. The summed E-state index contributed by atoms with van der Waals surface area (Å²) in [5.41, 5.74) is 4.15. The van der Waals surface area contributed by atoms with Crippen LogP contribution in [0.5, 0.6) is 11.5 Å². The van der Waals surface area contributed by atoms with Crippen molar-refractivity contribution in [1.82, 2.24) is 9.47 Å². The van der Waals surface area contributed by atoms with Gasteiger partial charge >= 0.3 is 0 Å². The van der Waals surface area contributed by atoms with Gasteiger partial charge in [0, 0.05) is 34.2 Å². The molecule has 1 atom stereocenters. The van der Waals surface area contributed by atoms with Gasteiger partial charge in [-0.05, 0) is 81.8 Å². The molecule has 1 aliphatic heterocycles. The summed E-state index contributed by atoms with van der Waals surface area (Å²) in [6.07, 6.45) is 1.93. The molecule has 3 aromatic rings. The fourth-order valence-electron chi connectivity index (χ4n) is 4.96. The van der Waals surface area contributed by atoms with E-state index in [4.69, 9.17) is 14.6 Å². The van der Waals surface area contributed by atoms with Gasteiger partial charge < -0.3 is 14.0 Å². The van der Waals surface area contributed by atoms with E-state index < -0.39 is 10.0 Å². The molecule has 2 heterocycles. The van der Waals surface area contributed by atoms with Crippen LogP contribution in [0.3, 0.4) is 0 Å². The average molecular weight is 498 g/mol. The minimum atomic E-state index is -3.77. The van der Waals surface area contributed by atoms with Gasteiger partial charge in [-0.3, -0.25) is 9.69 Å². The van der Waals surface area contributed by atoms with Gasteiger partial charge in [-0.2, -0.15) is 0 Å². The molecule has 2 N–H and O–H groups in total. The maximum atomic E-state index is 13.5. The normalized spacial score (nSPS) is 16.4. The van der Waals surface area contributed by atoms with Crippen LogP contribution in [0, 0.1) is 13.8 Å². The molecule has 1 unspecified atom stereocenters. The van der Waals surface area contributed by atoms with Crippen molar-refractivity contribution in [2.45, 2.75) is 37.6 Å². The molecule has 4 rings (SSSR count). The Morgan fingerprint density at radius 1 is 1.06 bits per heavy atom. The lowest BCUT2D eigenvalue weighted by Crippen LogP contribution is -2.30. The summed E-state index contributed by atoms with van der Waals surface area (Å²) in [6.45, 7) is 4.95. The Morgan fingerprint density at radius 2 is 1.77 bits per heavy atom. The number of carbonyl (C=O) groups excluding carboxylic acids is 1. The molecule has 2 aromatic carbocycles. The number of ketones is 1. The Kier molecular flexibility index (Phi) is 7.02. The Hall–Kier alpha value is -3.14. The van der Waals surface area contributed by atoms with E-state index >= 15 is 0 Å². The van der Waals surface area contributed by atoms with E-state index in [1.807, 2.05) is 42.7 Å². The molecule has 1 saturated heterocycles. The molecule has 0 spiro atoms. The van der Waals surface area contributed by atoms with Crippen molar-refractivity contribution >= 4 is 15.8 Å². The number of carbonyl (C=O) groups is 1. The van der Waals surface area contributed by atoms with Crippen LogP contribution in [0.2, 0.25) is 0 Å². The molecular weight excluding hydrogens is 466 g/mol. The Balaban J connectivity index is 1.59. The predicted molar refractivity (Wildman–Crippen MR) is 134 cm³/mol. The number of aryl methyl sites for hydroxylation is 1. The van der Waals surface area contributed by atoms with E-state index in [0.29, 0.717) is 12.1 Å². The molecule has 0 saturated carbocycles. The van der Waals surface area contributed by atoms with E-state index in [1.165, 1.54) is 12.1 Å². The molecule has 0 aliphatic carbocycles. The third-order valence-corrected chi connectivity index (χ3v) is 7.59. The summed E-state index contributed by atoms with van der Waals surface area (Å²) in [6, 6.07) is 14.1. The number of methoxy groups -OCH3 is 2. The number of Topliss-reactive ketones (excluding diaryl/α,β-unsaturated/α-hetero) is 1. The largest absolute Gasteiger partial charge is 0.497 e. The third-order valence-electron chi connectivity index (χ3n) is 6.66. The Bertz CT molecular complexity index is 1350. The number of nitrogens with two attached hydrogens (primary N) is 1. The molecule has 35 heavy (non-hydrogen) atoms. The minimum absolute atomic E-state index is 0.0410. The number of likely N-dealkylation sites (tertiary alicyclic amines) is 1. The zero-order valence-electron chi connectivity index (χ0n) is 20.4. The van der Waals surface area contributed by atoms with Gasteiger partial charge in [0.2, 0.25) is 10.0 Å². The van der Waals surface area contributed by atoms with Crippen molar-refractivity contribution in [1.29, 1.82) is 0 Å². The van der Waals surface area contributed by atoms with Crippen molar-refractivity contribution in [2.24, 2.45) is 5.14 Å². The highest BCUT2D eigenvalue weighted by Crippen LogP contribution is 2.39. The number of hydrogen-bond acceptors (Lipinski definition) is 6. The Morgan fingerprint density at radius 3 is 2.40 bits per heavy atom. The fraction of sp³-hybridized carbons (Fsp3) is 0.346. The average Bonchev–Trinajstić information content (AvgIpc) is 3.41. The van der Waals surface area contributed by atoms with E-state index in [-0.39, 0.29) is 16.7 Å².